The highest BCUT2D eigenvalue weighted by Crippen LogP contribution is 2.29. The first-order chi connectivity index (χ1) is 9.17. The maximum absolute atomic E-state index is 5.23. The number of aryl methyl sites for hydroxylation is 1. The molecule has 0 atom stereocenters. The molecule has 0 amide bonds. The van der Waals surface area contributed by atoms with E-state index in [-0.39, 0.29) is 0 Å². The largest absolute Gasteiger partial charge is 0.496 e. The summed E-state index contributed by atoms with van der Waals surface area (Å²) in [6.45, 7) is 2.08. The van der Waals surface area contributed by atoms with E-state index in [1.807, 2.05) is 31.3 Å². The standard InChI is InChI=1S/C14H16BrN3O/c1-4-10-8-13(16-2)18-14(17-10)9-5-6-12(19-3)11(15)7-9/h5-8H,4H2,1-3H3,(H,16,17,18). The summed E-state index contributed by atoms with van der Waals surface area (Å²) >= 11 is 3.48. The van der Waals surface area contributed by atoms with E-state index < -0.39 is 0 Å². The highest BCUT2D eigenvalue weighted by Gasteiger charge is 2.08. The third-order valence-electron chi connectivity index (χ3n) is 2.81. The van der Waals surface area contributed by atoms with Crippen molar-refractivity contribution < 1.29 is 4.74 Å². The van der Waals surface area contributed by atoms with E-state index in [2.05, 4.69) is 38.1 Å². The van der Waals surface area contributed by atoms with Crippen LogP contribution < -0.4 is 10.1 Å². The average Bonchev–Trinajstić information content (AvgIpc) is 2.46. The zero-order valence-electron chi connectivity index (χ0n) is 11.2. The number of aromatic nitrogens is 2. The Morgan fingerprint density at radius 2 is 2.05 bits per heavy atom. The summed E-state index contributed by atoms with van der Waals surface area (Å²) in [5.41, 5.74) is 1.97. The monoisotopic (exact) mass is 321 g/mol. The third-order valence-corrected chi connectivity index (χ3v) is 3.43. The smallest absolute Gasteiger partial charge is 0.161 e. The summed E-state index contributed by atoms with van der Waals surface area (Å²) < 4.78 is 6.12. The molecule has 4 nitrogen and oxygen atoms in total. The molecule has 0 bridgehead atoms. The molecule has 2 aromatic rings. The van der Waals surface area contributed by atoms with Gasteiger partial charge in [0.2, 0.25) is 0 Å². The molecule has 0 aliphatic carbocycles. The Kier molecular flexibility index (Phi) is 4.37. The summed E-state index contributed by atoms with van der Waals surface area (Å²) in [7, 11) is 3.50. The second kappa shape index (κ2) is 6.02. The molecule has 1 aromatic carbocycles. The topological polar surface area (TPSA) is 47.0 Å². The number of hydrogen-bond donors (Lipinski definition) is 1. The number of nitrogens with one attached hydrogen (secondary N) is 1. The fourth-order valence-corrected chi connectivity index (χ4v) is 2.28. The fraction of sp³-hybridized carbons (Fsp3) is 0.286. The highest BCUT2D eigenvalue weighted by molar-refractivity contribution is 9.10. The van der Waals surface area contributed by atoms with Crippen LogP contribution in [0.5, 0.6) is 5.75 Å². The van der Waals surface area contributed by atoms with Crippen LogP contribution in [0.2, 0.25) is 0 Å². The Bertz CT molecular complexity index is 565. The van der Waals surface area contributed by atoms with E-state index in [1.54, 1.807) is 7.11 Å². The van der Waals surface area contributed by atoms with Gasteiger partial charge in [-0.05, 0) is 40.5 Å². The lowest BCUT2D eigenvalue weighted by Gasteiger charge is -2.08. The molecular formula is C14H16BrN3O. The van der Waals surface area contributed by atoms with Gasteiger partial charge in [-0.2, -0.15) is 0 Å². The Hall–Kier alpha value is -1.62. The Morgan fingerprint density at radius 3 is 2.63 bits per heavy atom. The number of anilines is 1. The van der Waals surface area contributed by atoms with Crippen LogP contribution in [0.25, 0.3) is 11.4 Å². The number of benzene rings is 1. The minimum absolute atomic E-state index is 0.715. The van der Waals surface area contributed by atoms with E-state index in [0.717, 1.165) is 33.7 Å². The molecule has 1 N–H and O–H groups in total. The summed E-state index contributed by atoms with van der Waals surface area (Å²) in [6, 6.07) is 7.79. The third kappa shape index (κ3) is 3.04. The fourth-order valence-electron chi connectivity index (χ4n) is 1.74. The van der Waals surface area contributed by atoms with Crippen LogP contribution in [-0.2, 0) is 6.42 Å². The number of nitrogens with zero attached hydrogens (tertiary/aromatic N) is 2. The first-order valence-electron chi connectivity index (χ1n) is 6.07. The molecule has 100 valence electrons. The number of halogens is 1. The average molecular weight is 322 g/mol. The van der Waals surface area contributed by atoms with E-state index in [9.17, 15) is 0 Å². The molecule has 19 heavy (non-hydrogen) atoms. The van der Waals surface area contributed by atoms with Crippen molar-refractivity contribution in [1.82, 2.24) is 9.97 Å². The molecule has 0 aliphatic rings. The van der Waals surface area contributed by atoms with Gasteiger partial charge in [0, 0.05) is 24.4 Å². The van der Waals surface area contributed by atoms with E-state index in [4.69, 9.17) is 4.74 Å². The highest BCUT2D eigenvalue weighted by atomic mass is 79.9. The molecule has 1 aromatic heterocycles. The Labute approximate surface area is 121 Å². The lowest BCUT2D eigenvalue weighted by molar-refractivity contribution is 0.412. The zero-order valence-corrected chi connectivity index (χ0v) is 12.8. The minimum atomic E-state index is 0.715. The molecular weight excluding hydrogens is 306 g/mol. The molecule has 0 saturated carbocycles. The SMILES string of the molecule is CCc1cc(NC)nc(-c2ccc(OC)c(Br)c2)n1. The predicted molar refractivity (Wildman–Crippen MR) is 80.6 cm³/mol. The van der Waals surface area contributed by atoms with Crippen LogP contribution in [-0.4, -0.2) is 24.1 Å². The van der Waals surface area contributed by atoms with Gasteiger partial charge < -0.3 is 10.1 Å². The Balaban J connectivity index is 2.48. The van der Waals surface area contributed by atoms with Crippen molar-refractivity contribution in [2.75, 3.05) is 19.5 Å². The van der Waals surface area contributed by atoms with Crippen LogP contribution in [0.3, 0.4) is 0 Å². The number of rotatable bonds is 4. The van der Waals surface area contributed by atoms with Gasteiger partial charge >= 0.3 is 0 Å². The van der Waals surface area contributed by atoms with Crippen LogP contribution in [0.4, 0.5) is 5.82 Å². The summed E-state index contributed by atoms with van der Waals surface area (Å²) in [5, 5.41) is 3.06. The molecule has 0 spiro atoms. The van der Waals surface area contributed by atoms with Gasteiger partial charge in [0.15, 0.2) is 5.82 Å². The van der Waals surface area contributed by atoms with Gasteiger partial charge in [0.1, 0.15) is 11.6 Å². The molecule has 0 saturated heterocycles. The summed E-state index contributed by atoms with van der Waals surface area (Å²) in [4.78, 5) is 9.04. The Morgan fingerprint density at radius 1 is 1.26 bits per heavy atom. The number of methoxy groups -OCH3 is 1. The van der Waals surface area contributed by atoms with Gasteiger partial charge in [-0.1, -0.05) is 6.92 Å². The lowest BCUT2D eigenvalue weighted by Crippen LogP contribution is -2.00. The van der Waals surface area contributed by atoms with Crippen molar-refractivity contribution in [3.05, 3.63) is 34.4 Å². The lowest BCUT2D eigenvalue weighted by atomic mass is 10.2. The van der Waals surface area contributed by atoms with Crippen LogP contribution >= 0.6 is 15.9 Å². The molecule has 0 aliphatic heterocycles. The quantitative estimate of drug-likeness (QED) is 0.936. The second-order valence-corrected chi connectivity index (χ2v) is 4.88. The van der Waals surface area contributed by atoms with Gasteiger partial charge in [0.25, 0.3) is 0 Å². The van der Waals surface area contributed by atoms with E-state index in [0.29, 0.717) is 5.82 Å². The van der Waals surface area contributed by atoms with Crippen LogP contribution in [0.15, 0.2) is 28.7 Å². The maximum atomic E-state index is 5.23. The molecule has 2 rings (SSSR count). The maximum Gasteiger partial charge on any atom is 0.161 e. The molecule has 0 radical (unpaired) electrons. The van der Waals surface area contributed by atoms with E-state index >= 15 is 0 Å². The van der Waals surface area contributed by atoms with Crippen LogP contribution in [0, 0.1) is 0 Å². The normalized spacial score (nSPS) is 10.3. The molecule has 0 unspecified atom stereocenters. The second-order valence-electron chi connectivity index (χ2n) is 4.02. The van der Waals surface area contributed by atoms with E-state index in [1.165, 1.54) is 0 Å². The zero-order chi connectivity index (χ0) is 13.8. The van der Waals surface area contributed by atoms with Gasteiger partial charge in [0.05, 0.1) is 11.6 Å². The number of ether oxygens (including phenoxy) is 1. The minimum Gasteiger partial charge on any atom is -0.496 e. The summed E-state index contributed by atoms with van der Waals surface area (Å²) in [5.74, 6) is 2.34. The predicted octanol–water partition coefficient (Wildman–Crippen LogP) is 3.52. The molecule has 1 heterocycles. The number of hydrogen-bond acceptors (Lipinski definition) is 4. The van der Waals surface area contributed by atoms with Gasteiger partial charge in [-0.3, -0.25) is 0 Å². The molecule has 0 fully saturated rings. The molecule has 5 heteroatoms. The van der Waals surface area contributed by atoms with Crippen molar-refractivity contribution in [3.8, 4) is 17.1 Å². The van der Waals surface area contributed by atoms with Gasteiger partial charge in [-0.25, -0.2) is 9.97 Å². The van der Waals surface area contributed by atoms with Crippen molar-refractivity contribution in [2.24, 2.45) is 0 Å². The van der Waals surface area contributed by atoms with Gasteiger partial charge in [-0.15, -0.1) is 0 Å². The van der Waals surface area contributed by atoms with Crippen molar-refractivity contribution in [3.63, 3.8) is 0 Å². The summed E-state index contributed by atoms with van der Waals surface area (Å²) in [6.07, 6.45) is 0.877. The first kappa shape index (κ1) is 13.8. The van der Waals surface area contributed by atoms with Crippen molar-refractivity contribution in [1.29, 1.82) is 0 Å². The van der Waals surface area contributed by atoms with Crippen LogP contribution in [0.1, 0.15) is 12.6 Å². The van der Waals surface area contributed by atoms with Crippen molar-refractivity contribution in [2.45, 2.75) is 13.3 Å². The van der Waals surface area contributed by atoms with Crippen molar-refractivity contribution >= 4 is 21.7 Å². The first-order valence-corrected chi connectivity index (χ1v) is 6.86.